The van der Waals surface area contributed by atoms with Crippen LogP contribution in [0.25, 0.3) is 0 Å². The van der Waals surface area contributed by atoms with Gasteiger partial charge in [0.15, 0.2) is 17.3 Å². The molecule has 7 heteroatoms. The minimum absolute atomic E-state index is 0.0136. The van der Waals surface area contributed by atoms with Crippen LogP contribution >= 0.6 is 0 Å². The Balaban J connectivity index is 1.25. The summed E-state index contributed by atoms with van der Waals surface area (Å²) in [7, 11) is 1.49. The number of methoxy groups -OCH3 is 1. The summed E-state index contributed by atoms with van der Waals surface area (Å²) in [4.78, 5) is 25.3. The Morgan fingerprint density at radius 3 is 2.71 bits per heavy atom. The molecule has 2 saturated carbocycles. The van der Waals surface area contributed by atoms with Crippen molar-refractivity contribution in [1.82, 2.24) is 5.32 Å². The lowest BCUT2D eigenvalue weighted by atomic mass is 9.63. The summed E-state index contributed by atoms with van der Waals surface area (Å²) in [5.74, 6) is 7.11. The number of hydrogen-bond acceptors (Lipinski definition) is 7. The van der Waals surface area contributed by atoms with E-state index in [0.717, 1.165) is 43.4 Å². The second kappa shape index (κ2) is 13.3. The summed E-state index contributed by atoms with van der Waals surface area (Å²) in [5, 5.41) is 35.1. The quantitative estimate of drug-likeness (QED) is 0.327. The maximum atomic E-state index is 13.3. The Bertz CT molecular complexity index is 1160. The first-order chi connectivity index (χ1) is 19.8. The molecule has 0 bridgehead atoms. The normalized spacial score (nSPS) is 30.2. The van der Waals surface area contributed by atoms with Gasteiger partial charge in [-0.25, -0.2) is 0 Å². The van der Waals surface area contributed by atoms with Gasteiger partial charge in [-0.2, -0.15) is 0 Å². The summed E-state index contributed by atoms with van der Waals surface area (Å²) >= 11 is 0. The molecule has 0 aromatic heterocycles. The summed E-state index contributed by atoms with van der Waals surface area (Å²) in [5.41, 5.74) is 1.97. The fraction of sp³-hybridized carbons (Fsp3) is 0.706. The van der Waals surface area contributed by atoms with Gasteiger partial charge in [-0.15, -0.1) is 0 Å². The highest BCUT2D eigenvalue weighted by molar-refractivity contribution is 5.85. The number of phenols is 1. The van der Waals surface area contributed by atoms with Crippen LogP contribution in [0.5, 0.6) is 11.5 Å². The third-order valence-corrected chi connectivity index (χ3v) is 10.7. The van der Waals surface area contributed by atoms with Crippen LogP contribution in [0, 0.1) is 35.0 Å². The maximum absolute atomic E-state index is 13.3. The van der Waals surface area contributed by atoms with E-state index in [1.54, 1.807) is 12.1 Å². The average molecular weight is 566 g/mol. The molecule has 4 N–H and O–H groups in total. The highest BCUT2D eigenvalue weighted by atomic mass is 16.5. The standard InChI is InChI=1S/C34H47NO6/c1-41-33-18-23-8-11-31(39)27(10-7-22(12-16-36)28(23)20-32(33)40)30(38)5-4-15-34(13-2-3-14-34)25-17-24-6-9-26(37)19-29(24)35-21-25/h18,20,22,24-25,27,29-30,35-36,38,40H,2-6,8-9,11-17,19,21H2,1H3/t22-,24-,25+,27+,29+,30+/m0/s1. The molecule has 1 aliphatic heterocycles. The van der Waals surface area contributed by atoms with Crippen molar-refractivity contribution in [2.45, 2.75) is 108 Å². The number of aryl methyl sites for hydroxylation is 1. The second-order valence-electron chi connectivity index (χ2n) is 13.0. The van der Waals surface area contributed by atoms with Crippen LogP contribution in [-0.4, -0.2) is 59.3 Å². The molecule has 3 aliphatic carbocycles. The highest BCUT2D eigenvalue weighted by Gasteiger charge is 2.45. The number of carbonyl (C=O) groups excluding carboxylic acids is 2. The monoisotopic (exact) mass is 565 g/mol. The largest absolute Gasteiger partial charge is 0.504 e. The van der Waals surface area contributed by atoms with Crippen molar-refractivity contribution in [3.05, 3.63) is 23.3 Å². The molecule has 0 amide bonds. The summed E-state index contributed by atoms with van der Waals surface area (Å²) < 4.78 is 5.29. The minimum atomic E-state index is -0.828. The van der Waals surface area contributed by atoms with E-state index in [1.165, 1.54) is 39.2 Å². The number of aromatic hydroxyl groups is 1. The molecule has 41 heavy (non-hydrogen) atoms. The number of ether oxygens (including phenoxy) is 1. The molecular formula is C34H47NO6. The topological polar surface area (TPSA) is 116 Å². The molecule has 224 valence electrons. The number of aliphatic hydroxyl groups excluding tert-OH is 2. The molecule has 5 rings (SSSR count). The Kier molecular flexibility index (Phi) is 9.74. The zero-order chi connectivity index (χ0) is 29.0. The van der Waals surface area contributed by atoms with Gasteiger partial charge in [0.2, 0.25) is 0 Å². The second-order valence-corrected chi connectivity index (χ2v) is 13.0. The number of piperidine rings is 1. The fourth-order valence-electron chi connectivity index (χ4n) is 8.32. The van der Waals surface area contributed by atoms with Crippen molar-refractivity contribution >= 4 is 11.6 Å². The lowest BCUT2D eigenvalue weighted by Crippen LogP contribution is -2.52. The average Bonchev–Trinajstić information content (AvgIpc) is 3.46. The van der Waals surface area contributed by atoms with Gasteiger partial charge in [0.05, 0.1) is 13.2 Å². The third-order valence-electron chi connectivity index (χ3n) is 10.7. The van der Waals surface area contributed by atoms with Gasteiger partial charge in [-0.05, 0) is 98.4 Å². The molecule has 0 radical (unpaired) electrons. The first-order valence-corrected chi connectivity index (χ1v) is 15.8. The Morgan fingerprint density at radius 1 is 1.15 bits per heavy atom. The maximum Gasteiger partial charge on any atom is 0.160 e. The number of phenolic OH excluding ortho intramolecular Hbond substituents is 1. The summed E-state index contributed by atoms with van der Waals surface area (Å²) in [6.45, 7) is 0.916. The van der Waals surface area contributed by atoms with E-state index in [1.807, 2.05) is 0 Å². The van der Waals surface area contributed by atoms with Crippen molar-refractivity contribution in [2.75, 3.05) is 20.3 Å². The Labute approximate surface area is 244 Å². The zero-order valence-corrected chi connectivity index (χ0v) is 24.5. The van der Waals surface area contributed by atoms with E-state index in [0.29, 0.717) is 55.1 Å². The van der Waals surface area contributed by atoms with Crippen LogP contribution < -0.4 is 10.1 Å². The molecule has 6 atom stereocenters. The van der Waals surface area contributed by atoms with E-state index in [4.69, 9.17) is 4.74 Å². The molecule has 4 aliphatic rings. The number of aliphatic hydroxyl groups is 2. The molecule has 1 saturated heterocycles. The van der Waals surface area contributed by atoms with Gasteiger partial charge in [0.1, 0.15) is 11.7 Å². The van der Waals surface area contributed by atoms with E-state index in [9.17, 15) is 24.9 Å². The van der Waals surface area contributed by atoms with Crippen molar-refractivity contribution < 1.29 is 29.6 Å². The number of hydrogen-bond donors (Lipinski definition) is 4. The van der Waals surface area contributed by atoms with Crippen LogP contribution in [0.1, 0.15) is 101 Å². The molecule has 0 unspecified atom stereocenters. The number of rotatable bonds is 9. The highest BCUT2D eigenvalue weighted by Crippen LogP contribution is 2.52. The van der Waals surface area contributed by atoms with Crippen molar-refractivity contribution in [3.63, 3.8) is 0 Å². The van der Waals surface area contributed by atoms with Crippen molar-refractivity contribution in [3.8, 4) is 23.3 Å². The van der Waals surface area contributed by atoms with Crippen LogP contribution in [0.3, 0.4) is 0 Å². The van der Waals surface area contributed by atoms with Gasteiger partial charge in [0, 0.05) is 37.8 Å². The van der Waals surface area contributed by atoms with Gasteiger partial charge in [-0.1, -0.05) is 31.1 Å². The van der Waals surface area contributed by atoms with Gasteiger partial charge in [0.25, 0.3) is 0 Å². The predicted molar refractivity (Wildman–Crippen MR) is 157 cm³/mol. The van der Waals surface area contributed by atoms with E-state index < -0.39 is 12.0 Å². The predicted octanol–water partition coefficient (Wildman–Crippen LogP) is 4.44. The number of Topliss-reactive ketones (excluding diaryl/α,β-unsaturated/α-hetero) is 2. The Morgan fingerprint density at radius 2 is 1.95 bits per heavy atom. The third kappa shape index (κ3) is 6.66. The smallest absolute Gasteiger partial charge is 0.160 e. The molecular weight excluding hydrogens is 518 g/mol. The van der Waals surface area contributed by atoms with E-state index in [-0.39, 0.29) is 35.9 Å². The van der Waals surface area contributed by atoms with Crippen LogP contribution in [0.2, 0.25) is 0 Å². The summed E-state index contributed by atoms with van der Waals surface area (Å²) in [6, 6.07) is 3.75. The number of fused-ring (bicyclic) bond motifs is 2. The molecule has 1 aromatic carbocycles. The summed E-state index contributed by atoms with van der Waals surface area (Å²) in [6.07, 6.45) is 11.3. The first-order valence-electron chi connectivity index (χ1n) is 15.8. The molecule has 3 fully saturated rings. The number of benzene rings is 1. The number of ketones is 2. The van der Waals surface area contributed by atoms with Gasteiger partial charge >= 0.3 is 0 Å². The zero-order valence-electron chi connectivity index (χ0n) is 24.5. The molecule has 7 nitrogen and oxygen atoms in total. The number of nitrogens with one attached hydrogen (secondary N) is 1. The molecule has 0 spiro atoms. The number of carbonyl (C=O) groups is 2. The fourth-order valence-corrected chi connectivity index (χ4v) is 8.32. The van der Waals surface area contributed by atoms with Gasteiger partial charge in [-0.3, -0.25) is 9.59 Å². The van der Waals surface area contributed by atoms with E-state index in [2.05, 4.69) is 17.2 Å². The molecule has 1 heterocycles. The lowest BCUT2D eigenvalue weighted by Gasteiger charge is -2.47. The molecule has 1 aromatic rings. The van der Waals surface area contributed by atoms with Gasteiger partial charge < -0.3 is 25.4 Å². The Hall–Kier alpha value is -2.40. The van der Waals surface area contributed by atoms with Crippen molar-refractivity contribution in [2.24, 2.45) is 23.2 Å². The van der Waals surface area contributed by atoms with Crippen LogP contribution in [-0.2, 0) is 16.0 Å². The van der Waals surface area contributed by atoms with Crippen molar-refractivity contribution in [1.29, 1.82) is 0 Å². The van der Waals surface area contributed by atoms with Crippen LogP contribution in [0.15, 0.2) is 12.1 Å². The van der Waals surface area contributed by atoms with E-state index >= 15 is 0 Å². The lowest BCUT2D eigenvalue weighted by molar-refractivity contribution is -0.124. The SMILES string of the molecule is COc1cc2c(cc1O)[C@H](CCO)C#C[C@H]([C@H](O)CCCC1([C@H]3CN[C@@H]4CC(=O)CC[C@H]4C3)CCCC1)C(=O)CC2. The first kappa shape index (κ1) is 30.1. The van der Waals surface area contributed by atoms with Crippen LogP contribution in [0.4, 0.5) is 0 Å². The minimum Gasteiger partial charge on any atom is -0.504 e.